The summed E-state index contributed by atoms with van der Waals surface area (Å²) in [5.74, 6) is 1.02. The summed E-state index contributed by atoms with van der Waals surface area (Å²) in [5, 5.41) is 19.1. The number of aryl methyl sites for hydroxylation is 1. The van der Waals surface area contributed by atoms with Crippen LogP contribution in [0.5, 0.6) is 0 Å². The number of nitriles is 1. The molecule has 3 fully saturated rings. The Balaban J connectivity index is 1.24. The minimum atomic E-state index is -0.311. The Bertz CT molecular complexity index is 1250. The van der Waals surface area contributed by atoms with E-state index in [0.717, 1.165) is 41.2 Å². The normalized spacial score (nSPS) is 30.1. The zero-order valence-electron chi connectivity index (χ0n) is 17.1. The van der Waals surface area contributed by atoms with Crippen LogP contribution in [0.1, 0.15) is 43.2 Å². The van der Waals surface area contributed by atoms with Crippen molar-refractivity contribution in [3.8, 4) is 6.07 Å². The fourth-order valence-electron chi connectivity index (χ4n) is 5.52. The average molecular weight is 397 g/mol. The molecule has 2 heterocycles. The van der Waals surface area contributed by atoms with Crippen molar-refractivity contribution in [2.24, 2.45) is 24.3 Å². The van der Waals surface area contributed by atoms with Crippen LogP contribution in [-0.2, 0) is 17.3 Å². The minimum Gasteiger partial charge on any atom is -0.310 e. The maximum Gasteiger partial charge on any atom is 0.229 e. The van der Waals surface area contributed by atoms with E-state index in [1.54, 1.807) is 10.9 Å². The molecule has 3 aromatic rings. The van der Waals surface area contributed by atoms with Crippen molar-refractivity contribution in [3.05, 3.63) is 54.0 Å². The predicted molar refractivity (Wildman–Crippen MR) is 113 cm³/mol. The van der Waals surface area contributed by atoms with Gasteiger partial charge in [-0.15, -0.1) is 0 Å². The van der Waals surface area contributed by atoms with Gasteiger partial charge >= 0.3 is 0 Å². The molecule has 0 saturated heterocycles. The van der Waals surface area contributed by atoms with Gasteiger partial charge in [0.1, 0.15) is 5.82 Å². The second-order valence-corrected chi connectivity index (χ2v) is 9.45. The SMILES string of the molecule is C[C@H]1[C@@H](C(=O)Nc2cc3cc([C@@]4(C#N)CC45CC5)ccc3cn2)[C@H]1c1cnn(C)c1. The maximum absolute atomic E-state index is 12.9. The molecule has 0 bridgehead atoms. The molecule has 3 aliphatic carbocycles. The summed E-state index contributed by atoms with van der Waals surface area (Å²) in [6.45, 7) is 2.10. The van der Waals surface area contributed by atoms with Gasteiger partial charge in [-0.05, 0) is 59.2 Å². The summed E-state index contributed by atoms with van der Waals surface area (Å²) in [6, 6.07) is 10.7. The van der Waals surface area contributed by atoms with E-state index in [9.17, 15) is 10.1 Å². The van der Waals surface area contributed by atoms with Gasteiger partial charge in [0.2, 0.25) is 5.91 Å². The largest absolute Gasteiger partial charge is 0.310 e. The molecule has 30 heavy (non-hydrogen) atoms. The molecular formula is C24H23N5O. The Kier molecular flexibility index (Phi) is 3.35. The van der Waals surface area contributed by atoms with Crippen LogP contribution in [0.25, 0.3) is 10.8 Å². The molecule has 1 aromatic carbocycles. The number of nitrogens with one attached hydrogen (secondary N) is 1. The van der Waals surface area contributed by atoms with E-state index >= 15 is 0 Å². The number of rotatable bonds is 4. The van der Waals surface area contributed by atoms with E-state index in [0.29, 0.717) is 11.7 Å². The average Bonchev–Trinajstić information content (AvgIpc) is 3.69. The van der Waals surface area contributed by atoms with Gasteiger partial charge in [0.05, 0.1) is 17.7 Å². The summed E-state index contributed by atoms with van der Waals surface area (Å²) < 4.78 is 1.78. The van der Waals surface area contributed by atoms with E-state index in [4.69, 9.17) is 0 Å². The highest BCUT2D eigenvalue weighted by molar-refractivity contribution is 5.96. The first-order chi connectivity index (χ1) is 14.5. The van der Waals surface area contributed by atoms with Crippen molar-refractivity contribution in [2.45, 2.75) is 37.5 Å². The van der Waals surface area contributed by atoms with Crippen LogP contribution in [0.4, 0.5) is 5.82 Å². The maximum atomic E-state index is 12.9. The van der Waals surface area contributed by atoms with Crippen molar-refractivity contribution in [2.75, 3.05) is 5.32 Å². The monoisotopic (exact) mass is 397 g/mol. The zero-order valence-corrected chi connectivity index (χ0v) is 17.1. The number of fused-ring (bicyclic) bond motifs is 1. The number of anilines is 1. The molecule has 3 saturated carbocycles. The fraction of sp³-hybridized carbons (Fsp3) is 0.417. The van der Waals surface area contributed by atoms with E-state index in [-0.39, 0.29) is 28.6 Å². The van der Waals surface area contributed by atoms with E-state index in [1.165, 1.54) is 0 Å². The first-order valence-corrected chi connectivity index (χ1v) is 10.6. The Morgan fingerprint density at radius 3 is 2.77 bits per heavy atom. The molecular weight excluding hydrogens is 374 g/mol. The predicted octanol–water partition coefficient (Wildman–Crippen LogP) is 3.90. The van der Waals surface area contributed by atoms with Crippen LogP contribution in [0.3, 0.4) is 0 Å². The molecule has 1 N–H and O–H groups in total. The topological polar surface area (TPSA) is 83.6 Å². The van der Waals surface area contributed by atoms with Crippen LogP contribution in [0.15, 0.2) is 42.9 Å². The second kappa shape index (κ2) is 5.69. The lowest BCUT2D eigenvalue weighted by molar-refractivity contribution is -0.117. The first kappa shape index (κ1) is 17.6. The summed E-state index contributed by atoms with van der Waals surface area (Å²) in [4.78, 5) is 17.3. The molecule has 1 amide bonds. The van der Waals surface area contributed by atoms with Crippen molar-refractivity contribution in [3.63, 3.8) is 0 Å². The summed E-state index contributed by atoms with van der Waals surface area (Å²) >= 11 is 0. The van der Waals surface area contributed by atoms with E-state index in [2.05, 4.69) is 40.5 Å². The van der Waals surface area contributed by atoms with Gasteiger partial charge in [-0.25, -0.2) is 4.98 Å². The van der Waals surface area contributed by atoms with Crippen molar-refractivity contribution < 1.29 is 4.79 Å². The number of carbonyl (C=O) groups is 1. The Morgan fingerprint density at radius 2 is 2.10 bits per heavy atom. The number of hydrogen-bond donors (Lipinski definition) is 1. The third-order valence-electron chi connectivity index (χ3n) is 7.69. The summed E-state index contributed by atoms with van der Waals surface area (Å²) in [7, 11) is 1.89. The van der Waals surface area contributed by atoms with Gasteiger partial charge in [0.15, 0.2) is 0 Å². The van der Waals surface area contributed by atoms with Crippen molar-refractivity contribution in [1.82, 2.24) is 14.8 Å². The lowest BCUT2D eigenvalue weighted by Gasteiger charge is -2.11. The number of benzene rings is 1. The number of amides is 1. The van der Waals surface area contributed by atoms with E-state index < -0.39 is 0 Å². The number of nitrogens with zero attached hydrogens (tertiary/aromatic N) is 4. The Hall–Kier alpha value is -3.20. The van der Waals surface area contributed by atoms with Crippen LogP contribution < -0.4 is 5.32 Å². The van der Waals surface area contributed by atoms with Gasteiger partial charge in [-0.3, -0.25) is 9.48 Å². The van der Waals surface area contributed by atoms with Crippen molar-refractivity contribution >= 4 is 22.5 Å². The lowest BCUT2D eigenvalue weighted by atomic mass is 9.92. The molecule has 3 aliphatic rings. The lowest BCUT2D eigenvalue weighted by Crippen LogP contribution is -2.16. The quantitative estimate of drug-likeness (QED) is 0.724. The number of hydrogen-bond acceptors (Lipinski definition) is 4. The van der Waals surface area contributed by atoms with Gasteiger partial charge in [-0.2, -0.15) is 10.4 Å². The van der Waals surface area contributed by atoms with Gasteiger partial charge in [0, 0.05) is 36.7 Å². The third-order valence-corrected chi connectivity index (χ3v) is 7.69. The third kappa shape index (κ3) is 2.38. The second-order valence-electron chi connectivity index (χ2n) is 9.45. The number of aromatic nitrogens is 3. The van der Waals surface area contributed by atoms with Crippen molar-refractivity contribution in [1.29, 1.82) is 5.26 Å². The highest BCUT2D eigenvalue weighted by Crippen LogP contribution is 2.78. The molecule has 4 atom stereocenters. The highest BCUT2D eigenvalue weighted by Gasteiger charge is 2.75. The van der Waals surface area contributed by atoms with Crippen LogP contribution in [0, 0.1) is 28.6 Å². The van der Waals surface area contributed by atoms with Gasteiger partial charge in [-0.1, -0.05) is 19.1 Å². The first-order valence-electron chi connectivity index (χ1n) is 10.6. The Morgan fingerprint density at radius 1 is 1.27 bits per heavy atom. The smallest absolute Gasteiger partial charge is 0.229 e. The van der Waals surface area contributed by atoms with Crippen LogP contribution in [-0.4, -0.2) is 20.7 Å². The summed E-state index contributed by atoms with van der Waals surface area (Å²) in [5.41, 5.74) is 2.14. The molecule has 6 heteroatoms. The zero-order chi connectivity index (χ0) is 20.7. The molecule has 1 spiro atoms. The molecule has 2 aromatic heterocycles. The molecule has 0 radical (unpaired) electrons. The number of carbonyl (C=O) groups excluding carboxylic acids is 1. The summed E-state index contributed by atoms with van der Waals surface area (Å²) in [6.07, 6.45) is 8.93. The molecule has 0 aliphatic heterocycles. The molecule has 6 rings (SSSR count). The molecule has 6 nitrogen and oxygen atoms in total. The standard InChI is InChI=1S/C24H23N5O/c1-14-20(17-10-27-29(2)11-17)21(14)22(30)28-19-8-16-7-18(4-3-15(16)9-26-19)24(13-25)12-23(24)5-6-23/h3-4,7-11,14,20-21H,5-6,12H2,1-2H3,(H,26,28,30)/t14-,20-,21-,24+/m1/s1. The molecule has 0 unspecified atom stereocenters. The molecule has 150 valence electrons. The van der Waals surface area contributed by atoms with Gasteiger partial charge in [0.25, 0.3) is 0 Å². The minimum absolute atomic E-state index is 0.00646. The van der Waals surface area contributed by atoms with E-state index in [1.807, 2.05) is 31.6 Å². The van der Waals surface area contributed by atoms with Gasteiger partial charge < -0.3 is 5.32 Å². The Labute approximate surface area is 174 Å². The fourth-order valence-corrected chi connectivity index (χ4v) is 5.52. The van der Waals surface area contributed by atoms with Crippen LogP contribution >= 0.6 is 0 Å². The van der Waals surface area contributed by atoms with Crippen LogP contribution in [0.2, 0.25) is 0 Å². The number of pyridine rings is 1. The highest BCUT2D eigenvalue weighted by atomic mass is 16.2.